The molecule has 1 aliphatic rings. The summed E-state index contributed by atoms with van der Waals surface area (Å²) in [6, 6.07) is 0. The number of aliphatic hydroxyl groups is 1. The van der Waals surface area contributed by atoms with E-state index in [0.717, 1.165) is 24.5 Å². The molecule has 0 spiro atoms. The van der Waals surface area contributed by atoms with Crippen molar-refractivity contribution in [1.29, 1.82) is 0 Å². The van der Waals surface area contributed by atoms with E-state index in [1.54, 1.807) is 0 Å². The van der Waals surface area contributed by atoms with Gasteiger partial charge in [0.1, 0.15) is 0 Å². The van der Waals surface area contributed by atoms with E-state index in [9.17, 15) is 5.11 Å². The van der Waals surface area contributed by atoms with Gasteiger partial charge in [-0.25, -0.2) is 0 Å². The van der Waals surface area contributed by atoms with Gasteiger partial charge in [0.25, 0.3) is 0 Å². The van der Waals surface area contributed by atoms with Crippen LogP contribution in [0.25, 0.3) is 0 Å². The zero-order valence-corrected chi connectivity index (χ0v) is 7.45. The van der Waals surface area contributed by atoms with E-state index >= 15 is 0 Å². The van der Waals surface area contributed by atoms with Crippen molar-refractivity contribution in [3.8, 4) is 0 Å². The van der Waals surface area contributed by atoms with Crippen molar-refractivity contribution in [3.05, 3.63) is 0 Å². The first kappa shape index (κ1) is 8.37. The second-order valence-electron chi connectivity index (χ2n) is 3.26. The van der Waals surface area contributed by atoms with Crippen molar-refractivity contribution in [3.63, 3.8) is 0 Å². The molecule has 2 nitrogen and oxygen atoms in total. The topological polar surface area (TPSA) is 23.5 Å². The van der Waals surface area contributed by atoms with Crippen LogP contribution >= 0.6 is 11.8 Å². The SMILES string of the molecule is CN(C)CC1(O)CCSC1. The predicted molar refractivity (Wildman–Crippen MR) is 45.4 cm³/mol. The number of rotatable bonds is 2. The third kappa shape index (κ3) is 2.15. The Bertz CT molecular complexity index is 110. The Hall–Kier alpha value is 0.270. The first-order chi connectivity index (χ1) is 4.62. The summed E-state index contributed by atoms with van der Waals surface area (Å²) in [5.74, 6) is 2.02. The average molecular weight is 161 g/mol. The summed E-state index contributed by atoms with van der Waals surface area (Å²) in [6.45, 7) is 0.806. The number of likely N-dealkylation sites (N-methyl/N-ethyl adjacent to an activating group) is 1. The zero-order chi connectivity index (χ0) is 7.61. The molecule has 1 aliphatic heterocycles. The van der Waals surface area contributed by atoms with Crippen LogP contribution in [-0.2, 0) is 0 Å². The van der Waals surface area contributed by atoms with Crippen LogP contribution in [0.4, 0.5) is 0 Å². The molecule has 0 aliphatic carbocycles. The first-order valence-corrected chi connectivity index (χ1v) is 4.73. The van der Waals surface area contributed by atoms with Gasteiger partial charge in [-0.05, 0) is 26.3 Å². The van der Waals surface area contributed by atoms with Gasteiger partial charge in [-0.2, -0.15) is 11.8 Å². The van der Waals surface area contributed by atoms with Gasteiger partial charge in [-0.1, -0.05) is 0 Å². The fraction of sp³-hybridized carbons (Fsp3) is 1.00. The van der Waals surface area contributed by atoms with Gasteiger partial charge in [0.15, 0.2) is 0 Å². The number of hydrogen-bond acceptors (Lipinski definition) is 3. The lowest BCUT2D eigenvalue weighted by atomic mass is 10.0. The lowest BCUT2D eigenvalue weighted by Crippen LogP contribution is -2.39. The highest BCUT2D eigenvalue weighted by molar-refractivity contribution is 7.99. The zero-order valence-electron chi connectivity index (χ0n) is 6.63. The summed E-state index contributed by atoms with van der Waals surface area (Å²) in [4.78, 5) is 2.05. The van der Waals surface area contributed by atoms with E-state index in [0.29, 0.717) is 0 Å². The molecule has 0 amide bonds. The van der Waals surface area contributed by atoms with Crippen LogP contribution in [0.3, 0.4) is 0 Å². The molecule has 0 aromatic rings. The molecule has 1 saturated heterocycles. The van der Waals surface area contributed by atoms with Crippen LogP contribution in [0.15, 0.2) is 0 Å². The molecule has 60 valence electrons. The highest BCUT2D eigenvalue weighted by atomic mass is 32.2. The molecule has 0 radical (unpaired) electrons. The summed E-state index contributed by atoms with van der Waals surface area (Å²) in [5, 5.41) is 9.80. The largest absolute Gasteiger partial charge is 0.388 e. The normalized spacial score (nSPS) is 33.6. The third-order valence-electron chi connectivity index (χ3n) is 1.69. The van der Waals surface area contributed by atoms with Crippen molar-refractivity contribution < 1.29 is 5.11 Å². The number of nitrogens with zero attached hydrogens (tertiary/aromatic N) is 1. The predicted octanol–water partition coefficient (Wildman–Crippen LogP) is 0.416. The lowest BCUT2D eigenvalue weighted by Gasteiger charge is -2.24. The molecule has 0 bridgehead atoms. The minimum absolute atomic E-state index is 0.395. The summed E-state index contributed by atoms with van der Waals surface area (Å²) < 4.78 is 0. The van der Waals surface area contributed by atoms with Crippen molar-refractivity contribution in [2.24, 2.45) is 0 Å². The van der Waals surface area contributed by atoms with E-state index in [4.69, 9.17) is 0 Å². The minimum Gasteiger partial charge on any atom is -0.388 e. The summed E-state index contributed by atoms with van der Waals surface area (Å²) in [7, 11) is 4.00. The molecule has 10 heavy (non-hydrogen) atoms. The summed E-state index contributed by atoms with van der Waals surface area (Å²) >= 11 is 1.85. The monoisotopic (exact) mass is 161 g/mol. The Labute approximate surface area is 66.6 Å². The van der Waals surface area contributed by atoms with Gasteiger partial charge in [-0.15, -0.1) is 0 Å². The molecule has 1 rings (SSSR count). The quantitative estimate of drug-likeness (QED) is 0.635. The Kier molecular flexibility index (Phi) is 2.61. The summed E-state index contributed by atoms with van der Waals surface area (Å²) in [6.07, 6.45) is 0.954. The van der Waals surface area contributed by atoms with Gasteiger partial charge < -0.3 is 10.0 Å². The Morgan fingerprint density at radius 2 is 2.30 bits per heavy atom. The smallest absolute Gasteiger partial charge is 0.0871 e. The van der Waals surface area contributed by atoms with Crippen LogP contribution in [0.5, 0.6) is 0 Å². The van der Waals surface area contributed by atoms with Crippen molar-refractivity contribution in [2.75, 3.05) is 32.1 Å². The van der Waals surface area contributed by atoms with E-state index < -0.39 is 5.60 Å². The van der Waals surface area contributed by atoms with Crippen molar-refractivity contribution >= 4 is 11.8 Å². The van der Waals surface area contributed by atoms with Gasteiger partial charge in [0, 0.05) is 12.3 Å². The maximum absolute atomic E-state index is 9.80. The Balaban J connectivity index is 2.36. The van der Waals surface area contributed by atoms with Gasteiger partial charge in [0.2, 0.25) is 0 Å². The molecule has 0 aromatic carbocycles. The number of thioether (sulfide) groups is 1. The van der Waals surface area contributed by atoms with E-state index in [-0.39, 0.29) is 0 Å². The second kappa shape index (κ2) is 3.11. The highest BCUT2D eigenvalue weighted by Crippen LogP contribution is 2.27. The number of hydrogen-bond donors (Lipinski definition) is 1. The first-order valence-electron chi connectivity index (χ1n) is 3.57. The van der Waals surface area contributed by atoms with Gasteiger partial charge >= 0.3 is 0 Å². The molecular weight excluding hydrogens is 146 g/mol. The van der Waals surface area contributed by atoms with E-state index in [1.165, 1.54) is 0 Å². The fourth-order valence-corrected chi connectivity index (χ4v) is 2.59. The van der Waals surface area contributed by atoms with E-state index in [1.807, 2.05) is 30.8 Å². The van der Waals surface area contributed by atoms with E-state index in [2.05, 4.69) is 0 Å². The standard InChI is InChI=1S/C7H15NOS/c1-8(2)5-7(9)3-4-10-6-7/h9H,3-6H2,1-2H3. The maximum atomic E-state index is 9.80. The molecule has 1 N–H and O–H groups in total. The van der Waals surface area contributed by atoms with Crippen LogP contribution < -0.4 is 0 Å². The molecule has 1 fully saturated rings. The van der Waals surface area contributed by atoms with Crippen LogP contribution in [0.2, 0.25) is 0 Å². The van der Waals surface area contributed by atoms with Crippen LogP contribution in [0, 0.1) is 0 Å². The van der Waals surface area contributed by atoms with Crippen LogP contribution in [-0.4, -0.2) is 47.8 Å². The Morgan fingerprint density at radius 1 is 1.60 bits per heavy atom. The maximum Gasteiger partial charge on any atom is 0.0871 e. The summed E-state index contributed by atoms with van der Waals surface area (Å²) in [5.41, 5.74) is -0.395. The third-order valence-corrected chi connectivity index (χ3v) is 2.93. The van der Waals surface area contributed by atoms with Gasteiger partial charge in [0.05, 0.1) is 5.60 Å². The fourth-order valence-electron chi connectivity index (χ4n) is 1.31. The molecule has 1 unspecified atom stereocenters. The highest BCUT2D eigenvalue weighted by Gasteiger charge is 2.31. The Morgan fingerprint density at radius 3 is 2.70 bits per heavy atom. The average Bonchev–Trinajstić information content (AvgIpc) is 2.12. The van der Waals surface area contributed by atoms with Crippen molar-refractivity contribution in [2.45, 2.75) is 12.0 Å². The van der Waals surface area contributed by atoms with Crippen LogP contribution in [0.1, 0.15) is 6.42 Å². The molecule has 1 heterocycles. The molecule has 3 heteroatoms. The van der Waals surface area contributed by atoms with Gasteiger partial charge in [-0.3, -0.25) is 0 Å². The van der Waals surface area contributed by atoms with Crippen molar-refractivity contribution in [1.82, 2.24) is 4.90 Å². The molecular formula is C7H15NOS. The molecule has 0 saturated carbocycles. The second-order valence-corrected chi connectivity index (χ2v) is 4.37. The lowest BCUT2D eigenvalue weighted by molar-refractivity contribution is 0.0410. The molecule has 1 atom stereocenters. The molecule has 0 aromatic heterocycles. The minimum atomic E-state index is -0.395.